The van der Waals surface area contributed by atoms with E-state index in [4.69, 9.17) is 5.84 Å². The van der Waals surface area contributed by atoms with Crippen LogP contribution in [0.5, 0.6) is 0 Å². The van der Waals surface area contributed by atoms with Crippen LogP contribution in [-0.4, -0.2) is 37.3 Å². The summed E-state index contributed by atoms with van der Waals surface area (Å²) < 4.78 is 0. The Labute approximate surface area is 131 Å². The van der Waals surface area contributed by atoms with Gasteiger partial charge in [0.25, 0.3) is 0 Å². The molecular formula is C15H27N5S. The van der Waals surface area contributed by atoms with E-state index in [9.17, 15) is 0 Å². The third-order valence-electron chi connectivity index (χ3n) is 3.54. The van der Waals surface area contributed by atoms with E-state index < -0.39 is 0 Å². The van der Waals surface area contributed by atoms with Crippen molar-refractivity contribution in [2.45, 2.75) is 25.6 Å². The molecule has 1 heterocycles. The van der Waals surface area contributed by atoms with Gasteiger partial charge in [-0.25, -0.2) is 0 Å². The summed E-state index contributed by atoms with van der Waals surface area (Å²) >= 11 is 1.97. The van der Waals surface area contributed by atoms with Gasteiger partial charge in [0.15, 0.2) is 0 Å². The molecular weight excluding hydrogens is 282 g/mol. The average Bonchev–Trinajstić information content (AvgIpc) is 3.02. The van der Waals surface area contributed by atoms with Crippen LogP contribution in [0.4, 0.5) is 0 Å². The quantitative estimate of drug-likeness (QED) is 0.244. The Hall–Kier alpha value is -0.630. The van der Waals surface area contributed by atoms with Gasteiger partial charge in [-0.2, -0.15) is 0 Å². The maximum atomic E-state index is 5.23. The van der Waals surface area contributed by atoms with Crippen molar-refractivity contribution < 1.29 is 0 Å². The number of nitrogens with two attached hydrogens (primary N) is 1. The molecule has 0 radical (unpaired) electrons. The number of hydrogen-bond donors (Lipinski definition) is 5. The lowest BCUT2D eigenvalue weighted by Crippen LogP contribution is -2.35. The molecule has 1 atom stereocenters. The smallest absolute Gasteiger partial charge is 0.0421 e. The van der Waals surface area contributed by atoms with Gasteiger partial charge in [0.2, 0.25) is 0 Å². The summed E-state index contributed by atoms with van der Waals surface area (Å²) in [5, 5.41) is 10.4. The molecule has 0 aliphatic carbocycles. The van der Waals surface area contributed by atoms with Gasteiger partial charge in [-0.3, -0.25) is 11.3 Å². The monoisotopic (exact) mass is 309 g/mol. The predicted octanol–water partition coefficient (Wildman–Crippen LogP) is 0.382. The fourth-order valence-electron chi connectivity index (χ4n) is 2.28. The second-order valence-corrected chi connectivity index (χ2v) is 6.38. The van der Waals surface area contributed by atoms with Crippen molar-refractivity contribution in [3.63, 3.8) is 0 Å². The van der Waals surface area contributed by atoms with Gasteiger partial charge >= 0.3 is 0 Å². The lowest BCUT2D eigenvalue weighted by Gasteiger charge is -2.11. The Balaban J connectivity index is 1.59. The van der Waals surface area contributed by atoms with Crippen LogP contribution in [0.25, 0.3) is 0 Å². The third-order valence-corrected chi connectivity index (χ3v) is 4.55. The van der Waals surface area contributed by atoms with Crippen molar-refractivity contribution in [2.75, 3.05) is 31.3 Å². The van der Waals surface area contributed by atoms with Crippen LogP contribution in [0.2, 0.25) is 0 Å². The van der Waals surface area contributed by atoms with E-state index in [-0.39, 0.29) is 0 Å². The van der Waals surface area contributed by atoms with E-state index in [2.05, 4.69) is 45.6 Å². The molecule has 2 rings (SSSR count). The van der Waals surface area contributed by atoms with Crippen LogP contribution in [0.3, 0.4) is 0 Å². The maximum Gasteiger partial charge on any atom is 0.0421 e. The minimum Gasteiger partial charge on any atom is -0.313 e. The molecule has 118 valence electrons. The summed E-state index contributed by atoms with van der Waals surface area (Å²) in [5.41, 5.74) is 5.33. The highest BCUT2D eigenvalue weighted by Gasteiger charge is 2.13. The SMILES string of the molecule is NNCCCNCc1ccc(CNCC2CSCN2)cc1. The van der Waals surface area contributed by atoms with E-state index in [1.54, 1.807) is 0 Å². The Morgan fingerprint density at radius 1 is 1.10 bits per heavy atom. The van der Waals surface area contributed by atoms with Crippen LogP contribution >= 0.6 is 11.8 Å². The molecule has 1 fully saturated rings. The summed E-state index contributed by atoms with van der Waals surface area (Å²) in [6.07, 6.45) is 1.05. The number of thioether (sulfide) groups is 1. The lowest BCUT2D eigenvalue weighted by atomic mass is 10.1. The molecule has 1 aromatic rings. The van der Waals surface area contributed by atoms with Crippen molar-refractivity contribution in [3.8, 4) is 0 Å². The molecule has 0 aromatic heterocycles. The summed E-state index contributed by atoms with van der Waals surface area (Å²) in [7, 11) is 0. The van der Waals surface area contributed by atoms with Gasteiger partial charge in [0, 0.05) is 43.9 Å². The highest BCUT2D eigenvalue weighted by molar-refractivity contribution is 7.99. The molecule has 1 aromatic carbocycles. The van der Waals surface area contributed by atoms with Gasteiger partial charge in [-0.1, -0.05) is 24.3 Å². The van der Waals surface area contributed by atoms with Crippen LogP contribution in [-0.2, 0) is 13.1 Å². The molecule has 1 unspecified atom stereocenters. The van der Waals surface area contributed by atoms with Crippen LogP contribution < -0.4 is 27.2 Å². The minimum absolute atomic E-state index is 0.626. The van der Waals surface area contributed by atoms with Crippen molar-refractivity contribution in [2.24, 2.45) is 5.84 Å². The topological polar surface area (TPSA) is 74.1 Å². The highest BCUT2D eigenvalue weighted by Crippen LogP contribution is 2.09. The molecule has 0 bridgehead atoms. The number of nitrogens with one attached hydrogen (secondary N) is 4. The number of hydrazine groups is 1. The van der Waals surface area contributed by atoms with Crippen molar-refractivity contribution >= 4 is 11.8 Å². The summed E-state index contributed by atoms with van der Waals surface area (Å²) in [6, 6.07) is 9.45. The first-order chi connectivity index (χ1) is 10.4. The highest BCUT2D eigenvalue weighted by atomic mass is 32.2. The maximum absolute atomic E-state index is 5.23. The molecule has 6 heteroatoms. The Morgan fingerprint density at radius 3 is 2.43 bits per heavy atom. The molecule has 21 heavy (non-hydrogen) atoms. The van der Waals surface area contributed by atoms with E-state index in [1.165, 1.54) is 16.9 Å². The van der Waals surface area contributed by atoms with Crippen LogP contribution in [0.1, 0.15) is 17.5 Å². The first-order valence-corrected chi connectivity index (χ1v) is 8.78. The normalized spacial score (nSPS) is 18.2. The molecule has 0 amide bonds. The van der Waals surface area contributed by atoms with E-state index in [0.29, 0.717) is 6.04 Å². The molecule has 0 spiro atoms. The number of benzene rings is 1. The van der Waals surface area contributed by atoms with Gasteiger partial charge in [0.1, 0.15) is 0 Å². The van der Waals surface area contributed by atoms with Crippen LogP contribution in [0, 0.1) is 0 Å². The Kier molecular flexibility index (Phi) is 8.09. The summed E-state index contributed by atoms with van der Waals surface area (Å²) in [5.74, 6) is 7.54. The largest absolute Gasteiger partial charge is 0.313 e. The van der Waals surface area contributed by atoms with Crippen molar-refractivity contribution in [1.29, 1.82) is 0 Å². The molecule has 5 nitrogen and oxygen atoms in total. The Bertz CT molecular complexity index is 378. The summed E-state index contributed by atoms with van der Waals surface area (Å²) in [4.78, 5) is 0. The standard InChI is InChI=1S/C15H27N5S/c16-20-7-1-6-17-8-13-2-4-14(5-3-13)9-18-10-15-11-21-12-19-15/h2-5,15,17-20H,1,6-12,16H2. The minimum atomic E-state index is 0.626. The molecule has 6 N–H and O–H groups in total. The predicted molar refractivity (Wildman–Crippen MR) is 90.9 cm³/mol. The number of hydrogen-bond acceptors (Lipinski definition) is 6. The molecule has 1 saturated heterocycles. The zero-order chi connectivity index (χ0) is 14.8. The van der Waals surface area contributed by atoms with Crippen molar-refractivity contribution in [3.05, 3.63) is 35.4 Å². The van der Waals surface area contributed by atoms with Gasteiger partial charge in [-0.05, 0) is 24.1 Å². The van der Waals surface area contributed by atoms with Gasteiger partial charge in [0.05, 0.1) is 0 Å². The first kappa shape index (κ1) is 16.7. The fourth-order valence-corrected chi connectivity index (χ4v) is 3.27. The molecule has 0 saturated carbocycles. The molecule has 1 aliphatic rings. The zero-order valence-electron chi connectivity index (χ0n) is 12.5. The third kappa shape index (κ3) is 6.78. The fraction of sp³-hybridized carbons (Fsp3) is 0.600. The number of rotatable bonds is 10. The van der Waals surface area contributed by atoms with Gasteiger partial charge < -0.3 is 16.0 Å². The average molecular weight is 309 g/mol. The summed E-state index contributed by atoms with van der Waals surface area (Å²) in [6.45, 7) is 4.75. The van der Waals surface area contributed by atoms with E-state index >= 15 is 0 Å². The second-order valence-electron chi connectivity index (χ2n) is 5.35. The first-order valence-electron chi connectivity index (χ1n) is 7.62. The lowest BCUT2D eigenvalue weighted by molar-refractivity contribution is 0.555. The Morgan fingerprint density at radius 2 is 1.81 bits per heavy atom. The van der Waals surface area contributed by atoms with Crippen molar-refractivity contribution in [1.82, 2.24) is 21.4 Å². The van der Waals surface area contributed by atoms with Gasteiger partial charge in [-0.15, -0.1) is 11.8 Å². The van der Waals surface area contributed by atoms with Crippen LogP contribution in [0.15, 0.2) is 24.3 Å². The second kappa shape index (κ2) is 10.2. The van der Waals surface area contributed by atoms with E-state index in [0.717, 1.165) is 45.0 Å². The zero-order valence-corrected chi connectivity index (χ0v) is 13.3. The van der Waals surface area contributed by atoms with E-state index in [1.807, 2.05) is 11.8 Å². The molecule has 1 aliphatic heterocycles.